The summed E-state index contributed by atoms with van der Waals surface area (Å²) in [7, 11) is 3.42. The van der Waals surface area contributed by atoms with Crippen LogP contribution in [0.3, 0.4) is 0 Å². The molecule has 0 aliphatic heterocycles. The molecule has 1 amide bonds. The van der Waals surface area contributed by atoms with E-state index in [0.717, 1.165) is 22.2 Å². The van der Waals surface area contributed by atoms with Gasteiger partial charge in [-0.3, -0.25) is 14.9 Å². The Labute approximate surface area is 130 Å². The zero-order valence-corrected chi connectivity index (χ0v) is 13.3. The second-order valence-corrected chi connectivity index (χ2v) is 4.75. The molecule has 22 heavy (non-hydrogen) atoms. The molecule has 0 aliphatic rings. The highest BCUT2D eigenvalue weighted by Gasteiger charge is 2.16. The van der Waals surface area contributed by atoms with Crippen molar-refractivity contribution in [3.05, 3.63) is 48.3 Å². The van der Waals surface area contributed by atoms with Crippen LogP contribution in [-0.2, 0) is 0 Å². The molecule has 0 atom stereocenters. The standard InChI is InChI=1S/C15H14N4O.C2H6/c1-19(2)15(20)14-11-8-12(10-6-4-3-5-7-10)16-9-13(11)17-18-14;1-2/h3-9H,1-2H3,(H,17,18);1-2H3. The van der Waals surface area contributed by atoms with E-state index in [4.69, 9.17) is 0 Å². The summed E-state index contributed by atoms with van der Waals surface area (Å²) in [5, 5.41) is 7.73. The minimum Gasteiger partial charge on any atom is -0.343 e. The predicted octanol–water partition coefficient (Wildman–Crippen LogP) is 3.35. The van der Waals surface area contributed by atoms with Crippen molar-refractivity contribution < 1.29 is 4.79 Å². The molecule has 0 aliphatic carbocycles. The fourth-order valence-electron chi connectivity index (χ4n) is 2.06. The first-order valence-electron chi connectivity index (χ1n) is 7.28. The highest BCUT2D eigenvalue weighted by Crippen LogP contribution is 2.23. The van der Waals surface area contributed by atoms with Gasteiger partial charge in [0.1, 0.15) is 0 Å². The summed E-state index contributed by atoms with van der Waals surface area (Å²) in [5.74, 6) is -0.124. The van der Waals surface area contributed by atoms with Gasteiger partial charge in [-0.15, -0.1) is 0 Å². The van der Waals surface area contributed by atoms with Gasteiger partial charge in [-0.2, -0.15) is 5.10 Å². The Bertz CT molecular complexity index is 763. The quantitative estimate of drug-likeness (QED) is 0.789. The van der Waals surface area contributed by atoms with Crippen LogP contribution >= 0.6 is 0 Å². The maximum atomic E-state index is 12.1. The van der Waals surface area contributed by atoms with Crippen LogP contribution in [0.4, 0.5) is 0 Å². The summed E-state index contributed by atoms with van der Waals surface area (Å²) >= 11 is 0. The van der Waals surface area contributed by atoms with Crippen LogP contribution in [0, 0.1) is 0 Å². The van der Waals surface area contributed by atoms with Gasteiger partial charge in [0, 0.05) is 25.0 Å². The molecule has 0 radical (unpaired) electrons. The monoisotopic (exact) mass is 296 g/mol. The van der Waals surface area contributed by atoms with Gasteiger partial charge in [0.2, 0.25) is 0 Å². The molecule has 3 aromatic rings. The smallest absolute Gasteiger partial charge is 0.274 e. The van der Waals surface area contributed by atoms with E-state index in [2.05, 4.69) is 15.2 Å². The number of rotatable bonds is 2. The summed E-state index contributed by atoms with van der Waals surface area (Å²) in [6.45, 7) is 4.00. The van der Waals surface area contributed by atoms with Crippen molar-refractivity contribution in [1.82, 2.24) is 20.1 Å². The van der Waals surface area contributed by atoms with Crippen LogP contribution < -0.4 is 0 Å². The summed E-state index contributed by atoms with van der Waals surface area (Å²) in [6, 6.07) is 11.8. The molecular formula is C17H20N4O. The number of benzene rings is 1. The number of fused-ring (bicyclic) bond motifs is 1. The number of carbonyl (C=O) groups excluding carboxylic acids is 1. The number of H-pyrrole nitrogens is 1. The first-order valence-corrected chi connectivity index (χ1v) is 7.28. The van der Waals surface area contributed by atoms with Crippen molar-refractivity contribution >= 4 is 16.8 Å². The van der Waals surface area contributed by atoms with E-state index in [-0.39, 0.29) is 5.91 Å². The molecular weight excluding hydrogens is 276 g/mol. The van der Waals surface area contributed by atoms with Crippen molar-refractivity contribution in [2.24, 2.45) is 0 Å². The van der Waals surface area contributed by atoms with Crippen molar-refractivity contribution in [1.29, 1.82) is 0 Å². The number of hydrogen-bond acceptors (Lipinski definition) is 3. The lowest BCUT2D eigenvalue weighted by Crippen LogP contribution is -2.22. The molecule has 0 saturated carbocycles. The van der Waals surface area contributed by atoms with E-state index in [9.17, 15) is 4.79 Å². The Morgan fingerprint density at radius 3 is 2.45 bits per heavy atom. The molecule has 5 heteroatoms. The molecule has 1 aromatic carbocycles. The van der Waals surface area contributed by atoms with E-state index in [1.165, 1.54) is 4.90 Å². The SMILES string of the molecule is CC.CN(C)C(=O)c1n[nH]c2cnc(-c3ccccc3)cc12. The topological polar surface area (TPSA) is 61.9 Å². The van der Waals surface area contributed by atoms with Gasteiger partial charge in [0.05, 0.1) is 17.4 Å². The van der Waals surface area contributed by atoms with Crippen molar-refractivity contribution in [3.63, 3.8) is 0 Å². The van der Waals surface area contributed by atoms with Gasteiger partial charge in [0.25, 0.3) is 5.91 Å². The molecule has 0 spiro atoms. The Morgan fingerprint density at radius 2 is 1.82 bits per heavy atom. The Morgan fingerprint density at radius 1 is 1.14 bits per heavy atom. The number of nitrogens with zero attached hydrogens (tertiary/aromatic N) is 3. The number of hydrogen-bond donors (Lipinski definition) is 1. The number of pyridine rings is 1. The van der Waals surface area contributed by atoms with Crippen LogP contribution in [0.2, 0.25) is 0 Å². The van der Waals surface area contributed by atoms with E-state index in [1.807, 2.05) is 50.2 Å². The molecule has 2 aromatic heterocycles. The van der Waals surface area contributed by atoms with Crippen molar-refractivity contribution in [2.45, 2.75) is 13.8 Å². The van der Waals surface area contributed by atoms with Crippen molar-refractivity contribution in [3.8, 4) is 11.3 Å². The third kappa shape index (κ3) is 2.98. The molecule has 0 unspecified atom stereocenters. The fourth-order valence-corrected chi connectivity index (χ4v) is 2.06. The zero-order valence-electron chi connectivity index (χ0n) is 13.3. The van der Waals surface area contributed by atoms with Crippen LogP contribution in [0.1, 0.15) is 24.3 Å². The van der Waals surface area contributed by atoms with Crippen LogP contribution in [-0.4, -0.2) is 40.1 Å². The number of aromatic nitrogens is 3. The number of amides is 1. The minimum atomic E-state index is -0.124. The number of aromatic amines is 1. The van der Waals surface area contributed by atoms with E-state index < -0.39 is 0 Å². The predicted molar refractivity (Wildman–Crippen MR) is 88.7 cm³/mol. The Hall–Kier alpha value is -2.69. The maximum Gasteiger partial charge on any atom is 0.274 e. The summed E-state index contributed by atoms with van der Waals surface area (Å²) in [4.78, 5) is 18.0. The molecule has 0 bridgehead atoms. The second kappa shape index (κ2) is 6.85. The van der Waals surface area contributed by atoms with E-state index in [0.29, 0.717) is 5.69 Å². The highest BCUT2D eigenvalue weighted by atomic mass is 16.2. The first-order chi connectivity index (χ1) is 10.7. The Kier molecular flexibility index (Phi) is 4.88. The average Bonchev–Trinajstić information content (AvgIpc) is 2.99. The minimum absolute atomic E-state index is 0.124. The van der Waals surface area contributed by atoms with E-state index >= 15 is 0 Å². The molecule has 1 N–H and O–H groups in total. The lowest BCUT2D eigenvalue weighted by Gasteiger charge is -2.07. The van der Waals surface area contributed by atoms with Crippen molar-refractivity contribution in [2.75, 3.05) is 14.1 Å². The molecule has 114 valence electrons. The van der Waals surface area contributed by atoms with E-state index in [1.54, 1.807) is 20.3 Å². The zero-order chi connectivity index (χ0) is 16.1. The maximum absolute atomic E-state index is 12.1. The normalized spacial score (nSPS) is 10.0. The third-order valence-corrected chi connectivity index (χ3v) is 3.13. The van der Waals surface area contributed by atoms with Gasteiger partial charge in [-0.05, 0) is 6.07 Å². The van der Waals surface area contributed by atoms with Gasteiger partial charge in [-0.25, -0.2) is 0 Å². The second-order valence-electron chi connectivity index (χ2n) is 4.75. The first kappa shape index (κ1) is 15.7. The number of nitrogens with one attached hydrogen (secondary N) is 1. The Balaban J connectivity index is 0.000000847. The third-order valence-electron chi connectivity index (χ3n) is 3.13. The lowest BCUT2D eigenvalue weighted by molar-refractivity contribution is 0.0824. The van der Waals surface area contributed by atoms with Gasteiger partial charge in [0.15, 0.2) is 5.69 Å². The summed E-state index contributed by atoms with van der Waals surface area (Å²) < 4.78 is 0. The fraction of sp³-hybridized carbons (Fsp3) is 0.235. The van der Waals surface area contributed by atoms with Crippen LogP contribution in [0.15, 0.2) is 42.6 Å². The molecule has 0 fully saturated rings. The number of carbonyl (C=O) groups is 1. The largest absolute Gasteiger partial charge is 0.343 e. The molecule has 2 heterocycles. The highest BCUT2D eigenvalue weighted by molar-refractivity contribution is 6.05. The van der Waals surface area contributed by atoms with Gasteiger partial charge >= 0.3 is 0 Å². The lowest BCUT2D eigenvalue weighted by atomic mass is 10.1. The summed E-state index contributed by atoms with van der Waals surface area (Å²) in [5.41, 5.74) is 3.02. The molecule has 3 rings (SSSR count). The molecule has 5 nitrogen and oxygen atoms in total. The van der Waals surface area contributed by atoms with Crippen LogP contribution in [0.25, 0.3) is 22.2 Å². The van der Waals surface area contributed by atoms with Crippen LogP contribution in [0.5, 0.6) is 0 Å². The van der Waals surface area contributed by atoms with Gasteiger partial charge < -0.3 is 4.90 Å². The summed E-state index contributed by atoms with van der Waals surface area (Å²) in [6.07, 6.45) is 1.71. The molecule has 0 saturated heterocycles. The van der Waals surface area contributed by atoms with Gasteiger partial charge in [-0.1, -0.05) is 44.2 Å². The average molecular weight is 296 g/mol.